The Balaban J connectivity index is 0.00000552. The molecule has 0 aliphatic carbocycles. The summed E-state index contributed by atoms with van der Waals surface area (Å²) >= 11 is 0. The smallest absolute Gasteiger partial charge is 0.338 e. The summed E-state index contributed by atoms with van der Waals surface area (Å²) in [7, 11) is 0. The van der Waals surface area contributed by atoms with Crippen LogP contribution < -0.4 is 0 Å². The van der Waals surface area contributed by atoms with E-state index < -0.39 is 0 Å². The fourth-order valence-corrected chi connectivity index (χ4v) is 5.97. The second-order valence-electron chi connectivity index (χ2n) is 12.3. The van der Waals surface area contributed by atoms with E-state index >= 15 is 0 Å². The lowest BCUT2D eigenvalue weighted by Crippen LogP contribution is -2.28. The third-order valence-electron chi connectivity index (χ3n) is 8.67. The van der Waals surface area contributed by atoms with Crippen LogP contribution in [0.5, 0.6) is 0 Å². The van der Waals surface area contributed by atoms with Crippen molar-refractivity contribution >= 4 is 58.6 Å². The third-order valence-corrected chi connectivity index (χ3v) is 8.67. The molecule has 0 atom stereocenters. The highest BCUT2D eigenvalue weighted by Crippen LogP contribution is 2.31. The van der Waals surface area contributed by atoms with Gasteiger partial charge in [-0.1, -0.05) is 53.4 Å². The van der Waals surface area contributed by atoms with E-state index in [0.717, 1.165) is 80.5 Å². The van der Waals surface area contributed by atoms with Gasteiger partial charge in [0.25, 0.3) is 0 Å². The Bertz CT molecular complexity index is 1220. The molecule has 0 aliphatic heterocycles. The third kappa shape index (κ3) is 13.2. The maximum atomic E-state index is 13.1. The van der Waals surface area contributed by atoms with Crippen molar-refractivity contribution in [1.29, 1.82) is 0 Å². The number of aryl methyl sites for hydroxylation is 1. The molecule has 0 saturated heterocycles. The topological polar surface area (TPSA) is 64.0 Å². The molecular weight excluding hydrogens is 633 g/mol. The zero-order chi connectivity index (χ0) is 32.4. The van der Waals surface area contributed by atoms with Gasteiger partial charge in [0, 0.05) is 41.4 Å². The first kappa shape index (κ1) is 42.7. The van der Waals surface area contributed by atoms with E-state index in [4.69, 9.17) is 9.47 Å². The Morgan fingerprint density at radius 2 is 0.894 bits per heavy atom. The van der Waals surface area contributed by atoms with Gasteiger partial charge in [0.15, 0.2) is 0 Å². The average Bonchev–Trinajstić information content (AvgIpc) is 3.38. The molecule has 0 bridgehead atoms. The van der Waals surface area contributed by atoms with Crippen LogP contribution >= 0.6 is 24.8 Å². The Kier molecular flexibility index (Phi) is 21.7. The summed E-state index contributed by atoms with van der Waals surface area (Å²) in [6, 6.07) is 11.5. The lowest BCUT2D eigenvalue weighted by Gasteiger charge is -2.21. The maximum Gasteiger partial charge on any atom is 0.338 e. The SMILES string of the molecule is CCCCN(CCCC)CCCOC(=O)c1ccc2c(c1)c1cc(C(=O)OCCCN(CCCC)CCCC)ccc1n2CC.Cl.Cl. The molecule has 0 unspecified atom stereocenters. The average molecular weight is 695 g/mol. The number of hydrogen-bond acceptors (Lipinski definition) is 6. The molecule has 3 aromatic rings. The van der Waals surface area contributed by atoms with Crippen LogP contribution in [0.2, 0.25) is 0 Å². The molecule has 2 aromatic carbocycles. The van der Waals surface area contributed by atoms with Crippen LogP contribution in [-0.2, 0) is 16.0 Å². The molecule has 1 heterocycles. The molecule has 47 heavy (non-hydrogen) atoms. The van der Waals surface area contributed by atoms with Gasteiger partial charge in [0.2, 0.25) is 0 Å². The predicted molar refractivity (Wildman–Crippen MR) is 202 cm³/mol. The molecule has 1 aromatic heterocycles. The van der Waals surface area contributed by atoms with Gasteiger partial charge in [0.1, 0.15) is 0 Å². The molecule has 0 radical (unpaired) electrons. The molecular formula is C38H61Cl2N3O4. The number of esters is 2. The molecule has 9 heteroatoms. The Morgan fingerprint density at radius 3 is 1.21 bits per heavy atom. The number of fused-ring (bicyclic) bond motifs is 3. The fraction of sp³-hybridized carbons (Fsp3) is 0.632. The van der Waals surface area contributed by atoms with E-state index in [0.29, 0.717) is 24.3 Å². The number of ether oxygens (including phenoxy) is 2. The summed E-state index contributed by atoms with van der Waals surface area (Å²) in [4.78, 5) is 31.1. The number of unbranched alkanes of at least 4 members (excludes halogenated alkanes) is 4. The van der Waals surface area contributed by atoms with Crippen molar-refractivity contribution in [3.8, 4) is 0 Å². The highest BCUT2D eigenvalue weighted by molar-refractivity contribution is 6.12. The van der Waals surface area contributed by atoms with Gasteiger partial charge in [-0.2, -0.15) is 0 Å². The number of aromatic nitrogens is 1. The van der Waals surface area contributed by atoms with Crippen LogP contribution in [0, 0.1) is 0 Å². The van der Waals surface area contributed by atoms with Gasteiger partial charge >= 0.3 is 11.9 Å². The normalized spacial score (nSPS) is 11.2. The first-order valence-corrected chi connectivity index (χ1v) is 17.8. The van der Waals surface area contributed by atoms with Crippen LogP contribution in [0.25, 0.3) is 21.8 Å². The molecule has 0 saturated carbocycles. The lowest BCUT2D eigenvalue weighted by atomic mass is 10.1. The van der Waals surface area contributed by atoms with E-state index in [1.54, 1.807) is 0 Å². The molecule has 0 aliphatic rings. The maximum absolute atomic E-state index is 13.1. The van der Waals surface area contributed by atoms with Crippen molar-refractivity contribution in [2.24, 2.45) is 0 Å². The van der Waals surface area contributed by atoms with Crippen molar-refractivity contribution in [2.75, 3.05) is 52.5 Å². The minimum atomic E-state index is -0.301. The van der Waals surface area contributed by atoms with Crippen LogP contribution in [0.1, 0.15) is 120 Å². The summed E-state index contributed by atoms with van der Waals surface area (Å²) in [5, 5.41) is 1.90. The highest BCUT2D eigenvalue weighted by atomic mass is 35.5. The summed E-state index contributed by atoms with van der Waals surface area (Å²) in [5.74, 6) is -0.601. The second kappa shape index (κ2) is 23.9. The number of halogens is 2. The van der Waals surface area contributed by atoms with Gasteiger partial charge in [0.05, 0.1) is 24.3 Å². The van der Waals surface area contributed by atoms with Gasteiger partial charge in [-0.15, -0.1) is 24.8 Å². The Morgan fingerprint density at radius 1 is 0.553 bits per heavy atom. The summed E-state index contributed by atoms with van der Waals surface area (Å²) in [5.41, 5.74) is 3.15. The van der Waals surface area contributed by atoms with Gasteiger partial charge < -0.3 is 23.8 Å². The van der Waals surface area contributed by atoms with Crippen molar-refractivity contribution in [2.45, 2.75) is 105 Å². The van der Waals surface area contributed by atoms with Gasteiger partial charge in [-0.05, 0) is 108 Å². The predicted octanol–water partition coefficient (Wildman–Crippen LogP) is 9.56. The van der Waals surface area contributed by atoms with Crippen LogP contribution in [0.4, 0.5) is 0 Å². The molecule has 0 spiro atoms. The molecule has 0 N–H and O–H groups in total. The molecule has 0 fully saturated rings. The number of nitrogens with zero attached hydrogens (tertiary/aromatic N) is 3. The van der Waals surface area contributed by atoms with Crippen molar-refractivity contribution in [3.05, 3.63) is 47.5 Å². The van der Waals surface area contributed by atoms with Crippen molar-refractivity contribution in [3.63, 3.8) is 0 Å². The monoisotopic (exact) mass is 693 g/mol. The summed E-state index contributed by atoms with van der Waals surface area (Å²) in [6.07, 6.45) is 11.2. The zero-order valence-electron chi connectivity index (χ0n) is 29.7. The number of rotatable bonds is 23. The molecule has 3 rings (SSSR count). The standard InChI is InChI=1S/C38H59N3O4.2ClH/c1-6-11-21-39(22-12-7-2)25-15-27-44-37(42)31-17-19-35-33(29-31)34-30-32(18-20-36(34)41(35)10-5)38(43)45-28-16-26-40(23-13-8-3)24-14-9-4;;/h17-20,29-30H,6-16,21-28H2,1-5H3;2*1H. The van der Waals surface area contributed by atoms with Crippen LogP contribution in [0.3, 0.4) is 0 Å². The molecule has 7 nitrogen and oxygen atoms in total. The van der Waals surface area contributed by atoms with E-state index in [1.165, 1.54) is 51.4 Å². The van der Waals surface area contributed by atoms with Crippen LogP contribution in [0.15, 0.2) is 36.4 Å². The minimum absolute atomic E-state index is 0. The van der Waals surface area contributed by atoms with E-state index in [2.05, 4.69) is 49.0 Å². The largest absolute Gasteiger partial charge is 0.462 e. The lowest BCUT2D eigenvalue weighted by molar-refractivity contribution is 0.0478. The van der Waals surface area contributed by atoms with E-state index in [1.807, 2.05) is 36.4 Å². The first-order valence-electron chi connectivity index (χ1n) is 17.8. The number of hydrogen-bond donors (Lipinski definition) is 0. The molecule has 266 valence electrons. The Labute approximate surface area is 296 Å². The second-order valence-corrected chi connectivity index (χ2v) is 12.3. The van der Waals surface area contributed by atoms with Gasteiger partial charge in [-0.25, -0.2) is 9.59 Å². The summed E-state index contributed by atoms with van der Waals surface area (Å²) in [6.45, 7) is 18.9. The first-order chi connectivity index (χ1) is 22.0. The Hall–Kier alpha value is -2.32. The quantitative estimate of drug-likeness (QED) is 0.0728. The highest BCUT2D eigenvalue weighted by Gasteiger charge is 2.17. The van der Waals surface area contributed by atoms with Crippen molar-refractivity contribution < 1.29 is 19.1 Å². The van der Waals surface area contributed by atoms with E-state index in [9.17, 15) is 9.59 Å². The summed E-state index contributed by atoms with van der Waals surface area (Å²) < 4.78 is 13.6. The molecule has 0 amide bonds. The van der Waals surface area contributed by atoms with Crippen LogP contribution in [-0.4, -0.2) is 78.8 Å². The van der Waals surface area contributed by atoms with Gasteiger partial charge in [-0.3, -0.25) is 0 Å². The van der Waals surface area contributed by atoms with Crippen molar-refractivity contribution in [1.82, 2.24) is 14.4 Å². The van der Waals surface area contributed by atoms with E-state index in [-0.39, 0.29) is 36.8 Å². The number of benzene rings is 2. The minimum Gasteiger partial charge on any atom is -0.462 e. The number of carbonyl (C=O) groups excluding carboxylic acids is 2. The zero-order valence-corrected chi connectivity index (χ0v) is 31.3. The fourth-order valence-electron chi connectivity index (χ4n) is 5.97. The number of carbonyl (C=O) groups is 2.